The molecule has 5 heterocycles. The number of anilines is 2. The van der Waals surface area contributed by atoms with Gasteiger partial charge < -0.3 is 4.90 Å². The second-order valence-corrected chi connectivity index (χ2v) is 8.73. The highest BCUT2D eigenvalue weighted by atomic mass is 32.1. The maximum absolute atomic E-state index is 13.7. The SMILES string of the molecule is CN1CCN(c2ncc3nc(-c4ccc(N5CCC[C@@H](F)C5)nc4)sc3n2)C(=O)C1. The number of halogens is 1. The predicted octanol–water partition coefficient (Wildman–Crippen LogP) is 2.37. The number of likely N-dealkylation sites (N-methyl/N-ethyl adjacent to an activating group) is 1. The van der Waals surface area contributed by atoms with Crippen molar-refractivity contribution in [3.05, 3.63) is 24.5 Å². The van der Waals surface area contributed by atoms with Crippen LogP contribution < -0.4 is 9.80 Å². The zero-order valence-corrected chi connectivity index (χ0v) is 17.5. The molecular weight excluding hydrogens is 405 g/mol. The van der Waals surface area contributed by atoms with Crippen molar-refractivity contribution >= 4 is 39.4 Å². The summed E-state index contributed by atoms with van der Waals surface area (Å²) in [5, 5.41) is 0.794. The number of carbonyl (C=O) groups excluding carboxylic acids is 1. The molecule has 1 atom stereocenters. The number of fused-ring (bicyclic) bond motifs is 1. The Labute approximate surface area is 177 Å². The fourth-order valence-electron chi connectivity index (χ4n) is 3.82. The molecule has 0 saturated carbocycles. The van der Waals surface area contributed by atoms with E-state index in [0.717, 1.165) is 40.7 Å². The van der Waals surface area contributed by atoms with Gasteiger partial charge in [-0.1, -0.05) is 11.3 Å². The summed E-state index contributed by atoms with van der Waals surface area (Å²) in [5.41, 5.74) is 1.58. The van der Waals surface area contributed by atoms with Gasteiger partial charge in [-0.2, -0.15) is 4.98 Å². The van der Waals surface area contributed by atoms with Crippen LogP contribution in [-0.2, 0) is 4.79 Å². The number of hydrogen-bond acceptors (Lipinski definition) is 8. The molecule has 1 amide bonds. The first-order valence-corrected chi connectivity index (χ1v) is 10.9. The highest BCUT2D eigenvalue weighted by Crippen LogP contribution is 2.30. The summed E-state index contributed by atoms with van der Waals surface area (Å²) in [6.45, 7) is 2.97. The summed E-state index contributed by atoms with van der Waals surface area (Å²) < 4.78 is 13.7. The van der Waals surface area contributed by atoms with Crippen molar-refractivity contribution in [2.45, 2.75) is 19.0 Å². The first-order valence-electron chi connectivity index (χ1n) is 10.0. The van der Waals surface area contributed by atoms with Crippen molar-refractivity contribution in [1.29, 1.82) is 0 Å². The summed E-state index contributed by atoms with van der Waals surface area (Å²) in [5.74, 6) is 1.22. The summed E-state index contributed by atoms with van der Waals surface area (Å²) in [4.78, 5) is 36.7. The van der Waals surface area contributed by atoms with Crippen molar-refractivity contribution in [2.24, 2.45) is 0 Å². The molecule has 2 saturated heterocycles. The molecule has 0 bridgehead atoms. The molecule has 0 aliphatic carbocycles. The lowest BCUT2D eigenvalue weighted by molar-refractivity contribution is -0.120. The van der Waals surface area contributed by atoms with E-state index in [9.17, 15) is 9.18 Å². The number of carbonyl (C=O) groups is 1. The second-order valence-electron chi connectivity index (χ2n) is 7.75. The molecule has 3 aromatic rings. The van der Waals surface area contributed by atoms with Crippen molar-refractivity contribution in [1.82, 2.24) is 24.8 Å². The molecule has 0 radical (unpaired) electrons. The van der Waals surface area contributed by atoms with E-state index < -0.39 is 6.17 Å². The quantitative estimate of drug-likeness (QED) is 0.635. The molecule has 0 N–H and O–H groups in total. The summed E-state index contributed by atoms with van der Waals surface area (Å²) in [7, 11) is 1.93. The fraction of sp³-hybridized carbons (Fsp3) is 0.450. The van der Waals surface area contributed by atoms with Gasteiger partial charge in [0.15, 0.2) is 0 Å². The van der Waals surface area contributed by atoms with Gasteiger partial charge in [0.05, 0.1) is 19.3 Å². The Hall–Kier alpha value is -2.72. The average molecular weight is 428 g/mol. The van der Waals surface area contributed by atoms with Gasteiger partial charge in [0.2, 0.25) is 11.9 Å². The van der Waals surface area contributed by atoms with Crippen LogP contribution in [0.2, 0.25) is 0 Å². The highest BCUT2D eigenvalue weighted by Gasteiger charge is 2.25. The third kappa shape index (κ3) is 3.72. The molecular formula is C20H22FN7OS. The van der Waals surface area contributed by atoms with E-state index in [0.29, 0.717) is 37.5 Å². The van der Waals surface area contributed by atoms with Gasteiger partial charge in [-0.25, -0.2) is 19.3 Å². The summed E-state index contributed by atoms with van der Waals surface area (Å²) >= 11 is 1.45. The molecule has 2 aliphatic rings. The first kappa shape index (κ1) is 19.3. The van der Waals surface area contributed by atoms with E-state index in [2.05, 4.69) is 19.9 Å². The Morgan fingerprint density at radius 2 is 2.03 bits per heavy atom. The molecule has 8 nitrogen and oxygen atoms in total. The molecule has 2 fully saturated rings. The van der Waals surface area contributed by atoms with Crippen molar-refractivity contribution in [3.8, 4) is 10.6 Å². The van der Waals surface area contributed by atoms with Gasteiger partial charge in [-0.3, -0.25) is 14.6 Å². The Bertz CT molecular complexity index is 1070. The minimum Gasteiger partial charge on any atom is -0.354 e. The lowest BCUT2D eigenvalue weighted by Crippen LogP contribution is -2.49. The van der Waals surface area contributed by atoms with Crippen LogP contribution >= 0.6 is 11.3 Å². The van der Waals surface area contributed by atoms with E-state index in [1.165, 1.54) is 11.3 Å². The maximum atomic E-state index is 13.7. The zero-order chi connectivity index (χ0) is 20.7. The van der Waals surface area contributed by atoms with Crippen LogP contribution in [0.5, 0.6) is 0 Å². The molecule has 5 rings (SSSR count). The normalized spacial score (nSPS) is 20.9. The van der Waals surface area contributed by atoms with Gasteiger partial charge in [0.1, 0.15) is 27.3 Å². The Morgan fingerprint density at radius 1 is 1.13 bits per heavy atom. The number of thiazole rings is 1. The third-order valence-corrected chi connectivity index (χ3v) is 6.49. The van der Waals surface area contributed by atoms with Gasteiger partial charge in [-0.05, 0) is 32.0 Å². The van der Waals surface area contributed by atoms with Crippen LogP contribution in [0.25, 0.3) is 20.9 Å². The van der Waals surface area contributed by atoms with Gasteiger partial charge in [0.25, 0.3) is 0 Å². The Kier molecular flexibility index (Phi) is 5.03. The summed E-state index contributed by atoms with van der Waals surface area (Å²) in [6.07, 6.45) is 4.12. The number of piperidine rings is 1. The molecule has 0 spiro atoms. The number of rotatable bonds is 3. The standard InChI is InChI=1S/C20H22FN7OS/c1-26-7-8-28(17(29)12-26)20-23-10-15-19(25-20)30-18(24-15)13-4-5-16(22-9-13)27-6-2-3-14(21)11-27/h4-5,9-10,14H,2-3,6-8,11-12H2,1H3/t14-/m1/s1. The number of alkyl halides is 1. The zero-order valence-electron chi connectivity index (χ0n) is 16.7. The highest BCUT2D eigenvalue weighted by molar-refractivity contribution is 7.21. The monoisotopic (exact) mass is 427 g/mol. The third-order valence-electron chi connectivity index (χ3n) is 5.47. The number of nitrogens with zero attached hydrogens (tertiary/aromatic N) is 7. The fourth-order valence-corrected chi connectivity index (χ4v) is 4.71. The number of piperazine rings is 1. The second kappa shape index (κ2) is 7.84. The van der Waals surface area contributed by atoms with Gasteiger partial charge >= 0.3 is 0 Å². The Balaban J connectivity index is 1.38. The molecule has 30 heavy (non-hydrogen) atoms. The first-order chi connectivity index (χ1) is 14.6. The lowest BCUT2D eigenvalue weighted by atomic mass is 10.1. The van der Waals surface area contributed by atoms with Crippen molar-refractivity contribution < 1.29 is 9.18 Å². The topological polar surface area (TPSA) is 78.4 Å². The van der Waals surface area contributed by atoms with E-state index >= 15 is 0 Å². The van der Waals surface area contributed by atoms with Crippen LogP contribution in [-0.4, -0.2) is 76.7 Å². The molecule has 156 valence electrons. The lowest BCUT2D eigenvalue weighted by Gasteiger charge is -2.30. The predicted molar refractivity (Wildman–Crippen MR) is 115 cm³/mol. The van der Waals surface area contributed by atoms with Crippen LogP contribution in [0.3, 0.4) is 0 Å². The molecule has 0 unspecified atom stereocenters. The average Bonchev–Trinajstić information content (AvgIpc) is 3.17. The molecule has 0 aromatic carbocycles. The van der Waals surface area contributed by atoms with E-state index in [1.807, 2.05) is 29.0 Å². The minimum absolute atomic E-state index is 0.000795. The van der Waals surface area contributed by atoms with Crippen molar-refractivity contribution in [2.75, 3.05) is 49.6 Å². The molecule has 2 aliphatic heterocycles. The summed E-state index contributed by atoms with van der Waals surface area (Å²) in [6, 6.07) is 3.87. The minimum atomic E-state index is -0.788. The maximum Gasteiger partial charge on any atom is 0.243 e. The van der Waals surface area contributed by atoms with Crippen LogP contribution in [0.15, 0.2) is 24.5 Å². The Morgan fingerprint density at radius 3 is 2.80 bits per heavy atom. The van der Waals surface area contributed by atoms with E-state index in [-0.39, 0.29) is 5.91 Å². The van der Waals surface area contributed by atoms with E-state index in [4.69, 9.17) is 0 Å². The van der Waals surface area contributed by atoms with Crippen LogP contribution in [0, 0.1) is 0 Å². The molecule has 10 heteroatoms. The number of hydrogen-bond donors (Lipinski definition) is 0. The number of aromatic nitrogens is 4. The molecule has 3 aromatic heterocycles. The van der Waals surface area contributed by atoms with Crippen LogP contribution in [0.1, 0.15) is 12.8 Å². The smallest absolute Gasteiger partial charge is 0.243 e. The van der Waals surface area contributed by atoms with Gasteiger partial charge in [-0.15, -0.1) is 0 Å². The van der Waals surface area contributed by atoms with Gasteiger partial charge in [0, 0.05) is 31.4 Å². The largest absolute Gasteiger partial charge is 0.354 e. The number of pyridine rings is 1. The van der Waals surface area contributed by atoms with Crippen molar-refractivity contribution in [3.63, 3.8) is 0 Å². The van der Waals surface area contributed by atoms with Crippen LogP contribution in [0.4, 0.5) is 16.2 Å². The number of amides is 1. The van der Waals surface area contributed by atoms with E-state index in [1.54, 1.807) is 17.3 Å².